The molecule has 0 spiro atoms. The Bertz CT molecular complexity index is 648. The van der Waals surface area contributed by atoms with E-state index in [4.69, 9.17) is 10.5 Å². The quantitative estimate of drug-likeness (QED) is 0.713. The Hall–Kier alpha value is -1.31. The van der Waals surface area contributed by atoms with Gasteiger partial charge in [-0.05, 0) is 49.8 Å². The van der Waals surface area contributed by atoms with Crippen LogP contribution >= 0.6 is 0 Å². The zero-order chi connectivity index (χ0) is 15.1. The summed E-state index contributed by atoms with van der Waals surface area (Å²) in [5.41, 5.74) is 6.33. The molecule has 116 valence electrons. The van der Waals surface area contributed by atoms with E-state index in [9.17, 15) is 13.5 Å². The average molecular weight is 312 g/mol. The maximum atomic E-state index is 12.7. The van der Waals surface area contributed by atoms with Gasteiger partial charge >= 0.3 is 0 Å². The molecule has 0 unspecified atom stereocenters. The van der Waals surface area contributed by atoms with Gasteiger partial charge in [0.05, 0.1) is 18.8 Å². The first-order valence-electron chi connectivity index (χ1n) is 7.16. The number of nitrogens with two attached hydrogens (primary N) is 1. The number of aryl methyl sites for hydroxylation is 1. The molecular formula is C14H20N2O4S. The second-order valence-electron chi connectivity index (χ2n) is 5.86. The van der Waals surface area contributed by atoms with E-state index in [0.717, 1.165) is 24.8 Å². The highest BCUT2D eigenvalue weighted by atomic mass is 32.2. The summed E-state index contributed by atoms with van der Waals surface area (Å²) in [4.78, 5) is 0.0805. The topological polar surface area (TPSA) is 102 Å². The monoisotopic (exact) mass is 312 g/mol. The van der Waals surface area contributed by atoms with Crippen LogP contribution in [0.1, 0.15) is 31.2 Å². The Morgan fingerprint density at radius 3 is 2.71 bits per heavy atom. The van der Waals surface area contributed by atoms with Crippen molar-refractivity contribution in [3.8, 4) is 5.75 Å². The van der Waals surface area contributed by atoms with Crippen molar-refractivity contribution in [3.63, 3.8) is 0 Å². The maximum Gasteiger partial charge on any atom is 0.244 e. The third kappa shape index (κ3) is 2.61. The van der Waals surface area contributed by atoms with E-state index >= 15 is 0 Å². The fraction of sp³-hybridized carbons (Fsp3) is 0.571. The molecule has 4 N–H and O–H groups in total. The Labute approximate surface area is 124 Å². The number of rotatable bonds is 4. The normalized spacial score (nSPS) is 20.2. The third-order valence-corrected chi connectivity index (χ3v) is 5.83. The molecule has 0 saturated heterocycles. The van der Waals surface area contributed by atoms with Crippen molar-refractivity contribution >= 4 is 15.7 Å². The van der Waals surface area contributed by atoms with Gasteiger partial charge < -0.3 is 15.6 Å². The predicted octanol–water partition coefficient (Wildman–Crippen LogP) is 0.787. The number of hydrogen-bond donors (Lipinski definition) is 3. The molecule has 1 aromatic carbocycles. The molecule has 0 amide bonds. The summed E-state index contributed by atoms with van der Waals surface area (Å²) >= 11 is 0. The maximum absolute atomic E-state index is 12.7. The summed E-state index contributed by atoms with van der Waals surface area (Å²) in [6, 6.07) is 3.19. The number of sulfonamides is 1. The smallest absolute Gasteiger partial charge is 0.244 e. The highest BCUT2D eigenvalue weighted by Crippen LogP contribution is 2.37. The van der Waals surface area contributed by atoms with Crippen LogP contribution in [0.3, 0.4) is 0 Å². The SMILES string of the molecule is Nc1cc2c(c(S(=O)(=O)NC3(CO)CCC3)c1)OCCC2. The molecule has 1 heterocycles. The molecule has 2 aliphatic rings. The van der Waals surface area contributed by atoms with Gasteiger partial charge in [0.25, 0.3) is 0 Å². The summed E-state index contributed by atoms with van der Waals surface area (Å²) < 4.78 is 33.5. The van der Waals surface area contributed by atoms with Crippen molar-refractivity contribution in [1.82, 2.24) is 4.72 Å². The lowest BCUT2D eigenvalue weighted by molar-refractivity contribution is 0.110. The minimum absolute atomic E-state index is 0.0805. The fourth-order valence-corrected chi connectivity index (χ4v) is 4.58. The summed E-state index contributed by atoms with van der Waals surface area (Å²) in [5, 5.41) is 9.46. The first-order valence-corrected chi connectivity index (χ1v) is 8.64. The van der Waals surface area contributed by atoms with Crippen LogP contribution in [-0.2, 0) is 16.4 Å². The zero-order valence-corrected chi connectivity index (χ0v) is 12.6. The lowest BCUT2D eigenvalue weighted by atomic mass is 9.78. The summed E-state index contributed by atoms with van der Waals surface area (Å²) in [5.74, 6) is 0.398. The van der Waals surface area contributed by atoms with Crippen LogP contribution in [-0.4, -0.2) is 32.3 Å². The molecule has 1 fully saturated rings. The fourth-order valence-electron chi connectivity index (χ4n) is 2.91. The Morgan fingerprint density at radius 2 is 2.10 bits per heavy atom. The van der Waals surface area contributed by atoms with Crippen LogP contribution in [0.15, 0.2) is 17.0 Å². The van der Waals surface area contributed by atoms with Gasteiger partial charge in [-0.2, -0.15) is 0 Å². The van der Waals surface area contributed by atoms with Crippen LogP contribution in [0, 0.1) is 0 Å². The van der Waals surface area contributed by atoms with Gasteiger partial charge in [-0.1, -0.05) is 0 Å². The van der Waals surface area contributed by atoms with Gasteiger partial charge in [0.15, 0.2) is 0 Å². The molecule has 0 atom stereocenters. The minimum atomic E-state index is -3.77. The highest BCUT2D eigenvalue weighted by Gasteiger charge is 2.41. The number of aliphatic hydroxyl groups is 1. The van der Waals surface area contributed by atoms with Gasteiger partial charge in [-0.3, -0.25) is 0 Å². The van der Waals surface area contributed by atoms with E-state index in [-0.39, 0.29) is 11.5 Å². The van der Waals surface area contributed by atoms with Crippen LogP contribution in [0.2, 0.25) is 0 Å². The van der Waals surface area contributed by atoms with Gasteiger partial charge in [0.1, 0.15) is 10.6 Å². The second-order valence-corrected chi connectivity index (χ2v) is 7.51. The number of anilines is 1. The van der Waals surface area contributed by atoms with E-state index in [0.29, 0.717) is 30.9 Å². The molecular weight excluding hydrogens is 292 g/mol. The average Bonchev–Trinajstić information content (AvgIpc) is 2.42. The van der Waals surface area contributed by atoms with Crippen LogP contribution in [0.4, 0.5) is 5.69 Å². The highest BCUT2D eigenvalue weighted by molar-refractivity contribution is 7.89. The Morgan fingerprint density at radius 1 is 1.33 bits per heavy atom. The largest absolute Gasteiger partial charge is 0.492 e. The Balaban J connectivity index is 2.00. The first kappa shape index (κ1) is 14.6. The minimum Gasteiger partial charge on any atom is -0.492 e. The van der Waals surface area contributed by atoms with E-state index in [1.165, 1.54) is 6.07 Å². The summed E-state index contributed by atoms with van der Waals surface area (Å²) in [6.45, 7) is 0.308. The molecule has 1 saturated carbocycles. The Kier molecular flexibility index (Phi) is 3.59. The molecule has 3 rings (SSSR count). The van der Waals surface area contributed by atoms with Crippen molar-refractivity contribution in [3.05, 3.63) is 17.7 Å². The lowest BCUT2D eigenvalue weighted by Gasteiger charge is -2.40. The van der Waals surface area contributed by atoms with Crippen molar-refractivity contribution in [2.45, 2.75) is 42.5 Å². The number of ether oxygens (including phenoxy) is 1. The van der Waals surface area contributed by atoms with Crippen molar-refractivity contribution < 1.29 is 18.3 Å². The molecule has 1 aromatic rings. The van der Waals surface area contributed by atoms with Crippen LogP contribution in [0.25, 0.3) is 0 Å². The number of nitrogens with one attached hydrogen (secondary N) is 1. The molecule has 0 aromatic heterocycles. The number of fused-ring (bicyclic) bond motifs is 1. The van der Waals surface area contributed by atoms with Crippen molar-refractivity contribution in [2.24, 2.45) is 0 Å². The third-order valence-electron chi connectivity index (χ3n) is 4.24. The van der Waals surface area contributed by atoms with Gasteiger partial charge in [0, 0.05) is 5.69 Å². The van der Waals surface area contributed by atoms with Crippen LogP contribution in [0.5, 0.6) is 5.75 Å². The molecule has 6 nitrogen and oxygen atoms in total. The molecule has 21 heavy (non-hydrogen) atoms. The van der Waals surface area contributed by atoms with Gasteiger partial charge in [-0.25, -0.2) is 13.1 Å². The van der Waals surface area contributed by atoms with E-state index in [1.54, 1.807) is 6.07 Å². The lowest BCUT2D eigenvalue weighted by Crippen LogP contribution is -2.56. The molecule has 1 aliphatic heterocycles. The second kappa shape index (κ2) is 5.15. The van der Waals surface area contributed by atoms with Crippen molar-refractivity contribution in [2.75, 3.05) is 18.9 Å². The van der Waals surface area contributed by atoms with E-state index in [1.807, 2.05) is 0 Å². The standard InChI is InChI=1S/C14H20N2O4S/c15-11-7-10-3-1-6-20-13(10)12(8-11)21(18,19)16-14(9-17)4-2-5-14/h7-8,16-17H,1-6,9,15H2. The zero-order valence-electron chi connectivity index (χ0n) is 11.8. The summed E-state index contributed by atoms with van der Waals surface area (Å²) in [7, 11) is -3.77. The predicted molar refractivity (Wildman–Crippen MR) is 78.7 cm³/mol. The number of aliphatic hydroxyl groups excluding tert-OH is 1. The summed E-state index contributed by atoms with van der Waals surface area (Å²) in [6.07, 6.45) is 3.81. The number of nitrogen functional groups attached to an aromatic ring is 1. The van der Waals surface area contributed by atoms with Gasteiger partial charge in [0.2, 0.25) is 10.0 Å². The van der Waals surface area contributed by atoms with E-state index in [2.05, 4.69) is 4.72 Å². The van der Waals surface area contributed by atoms with Gasteiger partial charge in [-0.15, -0.1) is 0 Å². The van der Waals surface area contributed by atoms with E-state index < -0.39 is 15.6 Å². The first-order chi connectivity index (χ1) is 9.96. The number of benzene rings is 1. The van der Waals surface area contributed by atoms with Crippen molar-refractivity contribution in [1.29, 1.82) is 0 Å². The molecule has 0 radical (unpaired) electrons. The van der Waals surface area contributed by atoms with Crippen LogP contribution < -0.4 is 15.2 Å². The number of hydrogen-bond acceptors (Lipinski definition) is 5. The molecule has 1 aliphatic carbocycles. The molecule has 0 bridgehead atoms. The molecule has 7 heteroatoms.